The molecule has 3 heteroatoms. The van der Waals surface area contributed by atoms with Gasteiger partial charge in [-0.05, 0) is 44.0 Å². The van der Waals surface area contributed by atoms with Crippen LogP contribution in [0.4, 0.5) is 17.2 Å². The second kappa shape index (κ2) is 4.45. The number of aryl methyl sites for hydroxylation is 3. The Kier molecular flexibility index (Phi) is 3.00. The van der Waals surface area contributed by atoms with Gasteiger partial charge in [-0.3, -0.25) is 0 Å². The lowest BCUT2D eigenvalue weighted by Crippen LogP contribution is -2.01. The lowest BCUT2D eigenvalue weighted by molar-refractivity contribution is 1.26. The third-order valence-corrected chi connectivity index (χ3v) is 2.84. The Bertz CT molecular complexity index is 547. The molecule has 88 valence electrons. The van der Waals surface area contributed by atoms with E-state index >= 15 is 0 Å². The van der Waals surface area contributed by atoms with E-state index in [1.165, 1.54) is 11.1 Å². The van der Waals surface area contributed by atoms with Gasteiger partial charge >= 0.3 is 0 Å². The van der Waals surface area contributed by atoms with Gasteiger partial charge in [0.15, 0.2) is 5.82 Å². The molecular weight excluding hydrogens is 210 g/mol. The van der Waals surface area contributed by atoms with Crippen molar-refractivity contribution in [2.24, 2.45) is 0 Å². The van der Waals surface area contributed by atoms with Crippen LogP contribution in [0.5, 0.6) is 0 Å². The average Bonchev–Trinajstić information content (AvgIpc) is 2.28. The maximum Gasteiger partial charge on any atom is 0.153 e. The van der Waals surface area contributed by atoms with Gasteiger partial charge in [-0.2, -0.15) is 0 Å². The summed E-state index contributed by atoms with van der Waals surface area (Å²) in [5, 5.41) is 3.27. The fraction of sp³-hybridized carbons (Fsp3) is 0.214. The first kappa shape index (κ1) is 11.5. The zero-order chi connectivity index (χ0) is 12.4. The Morgan fingerprint density at radius 3 is 2.53 bits per heavy atom. The van der Waals surface area contributed by atoms with Crippen molar-refractivity contribution >= 4 is 17.2 Å². The second-order valence-electron chi connectivity index (χ2n) is 4.33. The quantitative estimate of drug-likeness (QED) is 0.827. The largest absolute Gasteiger partial charge is 0.396 e. The topological polar surface area (TPSA) is 50.9 Å². The van der Waals surface area contributed by atoms with Gasteiger partial charge in [0.25, 0.3) is 0 Å². The molecule has 3 N–H and O–H groups in total. The number of benzene rings is 1. The number of nitrogen functional groups attached to an aromatic ring is 1. The number of hydrogen-bond acceptors (Lipinski definition) is 3. The fourth-order valence-electron chi connectivity index (χ4n) is 1.75. The molecule has 0 fully saturated rings. The van der Waals surface area contributed by atoms with E-state index in [-0.39, 0.29) is 0 Å². The predicted octanol–water partition coefficient (Wildman–Crippen LogP) is 3.33. The molecule has 0 aliphatic carbocycles. The normalized spacial score (nSPS) is 10.3. The van der Waals surface area contributed by atoms with Gasteiger partial charge in [-0.15, -0.1) is 0 Å². The second-order valence-corrected chi connectivity index (χ2v) is 4.33. The van der Waals surface area contributed by atoms with Crippen molar-refractivity contribution in [2.75, 3.05) is 11.1 Å². The third-order valence-electron chi connectivity index (χ3n) is 2.84. The van der Waals surface area contributed by atoms with E-state index in [1.807, 2.05) is 19.1 Å². The smallest absolute Gasteiger partial charge is 0.153 e. The van der Waals surface area contributed by atoms with Crippen LogP contribution >= 0.6 is 0 Å². The highest BCUT2D eigenvalue weighted by Crippen LogP contribution is 2.25. The molecule has 0 spiro atoms. The molecule has 0 amide bonds. The van der Waals surface area contributed by atoms with Crippen LogP contribution in [0.2, 0.25) is 0 Å². The minimum atomic E-state index is 0.701. The number of hydrogen-bond donors (Lipinski definition) is 2. The zero-order valence-corrected chi connectivity index (χ0v) is 10.4. The Labute approximate surface area is 102 Å². The highest BCUT2D eigenvalue weighted by atomic mass is 15.0. The minimum absolute atomic E-state index is 0.701. The molecular formula is C14H17N3. The first-order valence-corrected chi connectivity index (χ1v) is 5.63. The molecule has 2 aromatic rings. The molecule has 3 nitrogen and oxygen atoms in total. The van der Waals surface area contributed by atoms with E-state index in [1.54, 1.807) is 6.20 Å². The number of aromatic nitrogens is 1. The summed E-state index contributed by atoms with van der Waals surface area (Å²) in [7, 11) is 0. The molecule has 17 heavy (non-hydrogen) atoms. The third kappa shape index (κ3) is 2.38. The van der Waals surface area contributed by atoms with Crippen LogP contribution in [0, 0.1) is 20.8 Å². The zero-order valence-electron chi connectivity index (χ0n) is 10.4. The summed E-state index contributed by atoms with van der Waals surface area (Å²) in [6.07, 6.45) is 1.76. The predicted molar refractivity (Wildman–Crippen MR) is 72.6 cm³/mol. The number of anilines is 3. The van der Waals surface area contributed by atoms with Crippen molar-refractivity contribution < 1.29 is 0 Å². The minimum Gasteiger partial charge on any atom is -0.396 e. The monoisotopic (exact) mass is 227 g/mol. The van der Waals surface area contributed by atoms with E-state index in [4.69, 9.17) is 5.73 Å². The Balaban J connectivity index is 2.35. The van der Waals surface area contributed by atoms with Crippen molar-refractivity contribution in [3.8, 4) is 0 Å². The van der Waals surface area contributed by atoms with Gasteiger partial charge in [-0.1, -0.05) is 17.7 Å². The van der Waals surface area contributed by atoms with Gasteiger partial charge in [0.1, 0.15) is 0 Å². The molecule has 0 unspecified atom stereocenters. The first-order chi connectivity index (χ1) is 8.08. The first-order valence-electron chi connectivity index (χ1n) is 5.63. The highest BCUT2D eigenvalue weighted by Gasteiger charge is 2.05. The Morgan fingerprint density at radius 2 is 1.82 bits per heavy atom. The summed E-state index contributed by atoms with van der Waals surface area (Å²) in [6.45, 7) is 6.13. The summed E-state index contributed by atoms with van der Waals surface area (Å²) in [4.78, 5) is 4.26. The van der Waals surface area contributed by atoms with Crippen LogP contribution in [-0.4, -0.2) is 4.98 Å². The van der Waals surface area contributed by atoms with Crippen molar-refractivity contribution in [1.29, 1.82) is 0 Å². The fourth-order valence-corrected chi connectivity index (χ4v) is 1.75. The summed E-state index contributed by atoms with van der Waals surface area (Å²) < 4.78 is 0. The van der Waals surface area contributed by atoms with Gasteiger partial charge in [-0.25, -0.2) is 4.98 Å². The van der Waals surface area contributed by atoms with Crippen molar-refractivity contribution in [1.82, 2.24) is 4.98 Å². The molecule has 0 aliphatic rings. The van der Waals surface area contributed by atoms with Crippen molar-refractivity contribution in [3.63, 3.8) is 0 Å². The number of nitrogens with one attached hydrogen (secondary N) is 1. The number of nitrogens with zero attached hydrogens (tertiary/aromatic N) is 1. The van der Waals surface area contributed by atoms with Crippen LogP contribution in [0.1, 0.15) is 16.7 Å². The Morgan fingerprint density at radius 1 is 1.06 bits per heavy atom. The molecule has 1 heterocycles. The van der Waals surface area contributed by atoms with Gasteiger partial charge < -0.3 is 11.1 Å². The van der Waals surface area contributed by atoms with E-state index < -0.39 is 0 Å². The summed E-state index contributed by atoms with van der Waals surface area (Å²) in [6, 6.07) is 8.16. The van der Waals surface area contributed by atoms with Crippen molar-refractivity contribution in [2.45, 2.75) is 20.8 Å². The van der Waals surface area contributed by atoms with Gasteiger partial charge in [0.2, 0.25) is 0 Å². The lowest BCUT2D eigenvalue weighted by Gasteiger charge is -2.12. The molecule has 2 rings (SSSR count). The van der Waals surface area contributed by atoms with Gasteiger partial charge in [0.05, 0.1) is 5.69 Å². The molecule has 0 saturated heterocycles. The van der Waals surface area contributed by atoms with E-state index in [9.17, 15) is 0 Å². The van der Waals surface area contributed by atoms with Crippen molar-refractivity contribution in [3.05, 3.63) is 47.2 Å². The number of nitrogens with two attached hydrogens (primary N) is 1. The lowest BCUT2D eigenvalue weighted by atomic mass is 10.1. The van der Waals surface area contributed by atoms with E-state index in [0.29, 0.717) is 5.69 Å². The number of rotatable bonds is 2. The molecule has 1 aromatic heterocycles. The molecule has 0 bridgehead atoms. The summed E-state index contributed by atoms with van der Waals surface area (Å²) in [5.74, 6) is 0.719. The molecule has 0 atom stereocenters. The number of pyridine rings is 1. The van der Waals surface area contributed by atoms with Crippen LogP contribution in [0.25, 0.3) is 0 Å². The maximum absolute atomic E-state index is 5.99. The average molecular weight is 227 g/mol. The highest BCUT2D eigenvalue weighted by molar-refractivity contribution is 5.72. The maximum atomic E-state index is 5.99. The Hall–Kier alpha value is -2.03. The van der Waals surface area contributed by atoms with Crippen LogP contribution in [0.3, 0.4) is 0 Å². The molecule has 0 radical (unpaired) electrons. The van der Waals surface area contributed by atoms with Gasteiger partial charge in [0, 0.05) is 11.9 Å². The summed E-state index contributed by atoms with van der Waals surface area (Å²) >= 11 is 0. The molecule has 0 saturated carbocycles. The summed E-state index contributed by atoms with van der Waals surface area (Å²) in [5.41, 5.74) is 11.2. The van der Waals surface area contributed by atoms with Crippen LogP contribution in [-0.2, 0) is 0 Å². The standard InChI is InChI=1S/C14H17N3/c1-9-4-5-12(11(3)8-9)17-14-13(15)10(2)6-7-16-14/h4-8H,15H2,1-3H3,(H,16,17). The van der Waals surface area contributed by atoms with E-state index in [2.05, 4.69) is 36.3 Å². The molecule has 1 aromatic carbocycles. The molecule has 0 aliphatic heterocycles. The van der Waals surface area contributed by atoms with Crippen LogP contribution in [0.15, 0.2) is 30.5 Å². The SMILES string of the molecule is Cc1ccc(Nc2nccc(C)c2N)c(C)c1. The van der Waals surface area contributed by atoms with Crippen LogP contribution < -0.4 is 11.1 Å². The van der Waals surface area contributed by atoms with E-state index in [0.717, 1.165) is 17.1 Å².